The lowest BCUT2D eigenvalue weighted by molar-refractivity contribution is -0.237. The fourth-order valence-electron chi connectivity index (χ4n) is 9.25. The van der Waals surface area contributed by atoms with E-state index in [-0.39, 0.29) is 17.4 Å². The van der Waals surface area contributed by atoms with Gasteiger partial charge in [-0.05, 0) is 111 Å². The average Bonchev–Trinajstić information content (AvgIpc) is 3.12. The van der Waals surface area contributed by atoms with Gasteiger partial charge in [0, 0.05) is 12.3 Å². The standard InChI is InChI=1S/C29H44O3/c1-19-4-6-20(7-5-19)12-17-29(31,32)26-11-10-24-23-9-8-21-18-22(30)13-15-27(21,2)25(23)14-16-28(24,26)3/h4-7,21-26,30-32H,8-18H2,1-3H3/t21-,22-,23-,24-,25-,26-,27-,28-/m0/s1. The smallest absolute Gasteiger partial charge is 0.166 e. The maximum absolute atomic E-state index is 11.3. The predicted octanol–water partition coefficient (Wildman–Crippen LogP) is 5.63. The summed E-state index contributed by atoms with van der Waals surface area (Å²) in [5, 5.41) is 32.9. The van der Waals surface area contributed by atoms with E-state index in [1.165, 1.54) is 36.8 Å². The Bertz CT molecular complexity index is 816. The maximum atomic E-state index is 11.3. The molecule has 3 heteroatoms. The molecule has 0 aliphatic heterocycles. The van der Waals surface area contributed by atoms with Gasteiger partial charge in [0.2, 0.25) is 0 Å². The van der Waals surface area contributed by atoms with Gasteiger partial charge in [0.1, 0.15) is 0 Å². The molecule has 0 spiro atoms. The van der Waals surface area contributed by atoms with Crippen LogP contribution in [-0.4, -0.2) is 27.2 Å². The van der Waals surface area contributed by atoms with Gasteiger partial charge in [-0.2, -0.15) is 0 Å². The third-order valence-corrected chi connectivity index (χ3v) is 11.1. The summed E-state index contributed by atoms with van der Waals surface area (Å²) in [6.45, 7) is 7.00. The Labute approximate surface area is 194 Å². The first-order chi connectivity index (χ1) is 15.1. The Hall–Kier alpha value is -0.900. The lowest BCUT2D eigenvalue weighted by Crippen LogP contribution is -2.55. The van der Waals surface area contributed by atoms with E-state index in [1.54, 1.807) is 0 Å². The number of fused-ring (bicyclic) bond motifs is 5. The molecule has 3 N–H and O–H groups in total. The second-order valence-corrected chi connectivity index (χ2v) is 12.6. The molecule has 4 aliphatic rings. The van der Waals surface area contributed by atoms with Crippen molar-refractivity contribution in [2.45, 2.75) is 103 Å². The highest BCUT2D eigenvalue weighted by Gasteiger charge is 2.62. The molecule has 0 aromatic heterocycles. The van der Waals surface area contributed by atoms with Crippen LogP contribution < -0.4 is 0 Å². The molecule has 0 saturated heterocycles. The van der Waals surface area contributed by atoms with Crippen LogP contribution in [0.5, 0.6) is 0 Å². The highest BCUT2D eigenvalue weighted by Crippen LogP contribution is 2.68. The van der Waals surface area contributed by atoms with Crippen molar-refractivity contribution in [3.8, 4) is 0 Å². The molecule has 0 unspecified atom stereocenters. The molecule has 32 heavy (non-hydrogen) atoms. The van der Waals surface area contributed by atoms with E-state index >= 15 is 0 Å². The minimum absolute atomic E-state index is 0.0230. The van der Waals surface area contributed by atoms with Gasteiger partial charge in [-0.25, -0.2) is 0 Å². The minimum Gasteiger partial charge on any atom is -0.393 e. The van der Waals surface area contributed by atoms with Crippen molar-refractivity contribution in [1.29, 1.82) is 0 Å². The summed E-state index contributed by atoms with van der Waals surface area (Å²) in [4.78, 5) is 0. The molecule has 178 valence electrons. The highest BCUT2D eigenvalue weighted by atomic mass is 16.5. The Morgan fingerprint density at radius 1 is 0.875 bits per heavy atom. The van der Waals surface area contributed by atoms with E-state index < -0.39 is 5.79 Å². The Morgan fingerprint density at radius 2 is 1.56 bits per heavy atom. The Balaban J connectivity index is 1.31. The summed E-state index contributed by atoms with van der Waals surface area (Å²) in [5.41, 5.74) is 2.85. The van der Waals surface area contributed by atoms with Crippen LogP contribution in [0.4, 0.5) is 0 Å². The minimum atomic E-state index is -1.59. The number of aryl methyl sites for hydroxylation is 2. The maximum Gasteiger partial charge on any atom is 0.166 e. The predicted molar refractivity (Wildman–Crippen MR) is 128 cm³/mol. The first-order valence-electron chi connectivity index (χ1n) is 13.3. The van der Waals surface area contributed by atoms with Crippen molar-refractivity contribution in [1.82, 2.24) is 0 Å². The number of rotatable bonds is 4. The van der Waals surface area contributed by atoms with Crippen LogP contribution in [0.1, 0.15) is 89.2 Å². The van der Waals surface area contributed by atoms with Crippen LogP contribution in [0.2, 0.25) is 0 Å². The van der Waals surface area contributed by atoms with Crippen LogP contribution >= 0.6 is 0 Å². The zero-order valence-corrected chi connectivity index (χ0v) is 20.4. The summed E-state index contributed by atoms with van der Waals surface area (Å²) in [7, 11) is 0. The molecule has 1 aromatic rings. The topological polar surface area (TPSA) is 60.7 Å². The molecule has 0 bridgehead atoms. The van der Waals surface area contributed by atoms with Gasteiger partial charge in [0.15, 0.2) is 5.79 Å². The summed E-state index contributed by atoms with van der Waals surface area (Å²) in [6, 6.07) is 8.47. The average molecular weight is 441 g/mol. The van der Waals surface area contributed by atoms with E-state index in [9.17, 15) is 15.3 Å². The van der Waals surface area contributed by atoms with Crippen LogP contribution in [0, 0.1) is 47.3 Å². The number of benzene rings is 1. The number of aliphatic hydroxyl groups is 3. The first kappa shape index (κ1) is 22.9. The Kier molecular flexibility index (Phi) is 5.79. The van der Waals surface area contributed by atoms with Crippen molar-refractivity contribution in [3.05, 3.63) is 35.4 Å². The third kappa shape index (κ3) is 3.67. The number of aliphatic hydroxyl groups excluding tert-OH is 1. The molecule has 4 aliphatic carbocycles. The van der Waals surface area contributed by atoms with Crippen molar-refractivity contribution in [2.75, 3.05) is 0 Å². The lowest BCUT2D eigenvalue weighted by atomic mass is 9.44. The molecule has 0 heterocycles. The summed E-state index contributed by atoms with van der Waals surface area (Å²) < 4.78 is 0. The quantitative estimate of drug-likeness (QED) is 0.532. The molecule has 3 nitrogen and oxygen atoms in total. The van der Waals surface area contributed by atoms with E-state index in [2.05, 4.69) is 45.0 Å². The van der Waals surface area contributed by atoms with Gasteiger partial charge in [0.25, 0.3) is 0 Å². The van der Waals surface area contributed by atoms with Crippen molar-refractivity contribution in [3.63, 3.8) is 0 Å². The first-order valence-corrected chi connectivity index (χ1v) is 13.3. The van der Waals surface area contributed by atoms with E-state index in [1.807, 2.05) is 0 Å². The second-order valence-electron chi connectivity index (χ2n) is 12.6. The summed E-state index contributed by atoms with van der Waals surface area (Å²) in [5.74, 6) is 1.17. The fourth-order valence-corrected chi connectivity index (χ4v) is 9.25. The van der Waals surface area contributed by atoms with Gasteiger partial charge < -0.3 is 15.3 Å². The molecule has 4 saturated carbocycles. The highest BCUT2D eigenvalue weighted by molar-refractivity contribution is 5.21. The van der Waals surface area contributed by atoms with Gasteiger partial charge >= 0.3 is 0 Å². The van der Waals surface area contributed by atoms with Gasteiger partial charge in [-0.3, -0.25) is 0 Å². The van der Waals surface area contributed by atoms with Crippen molar-refractivity contribution in [2.24, 2.45) is 40.4 Å². The van der Waals surface area contributed by atoms with Crippen LogP contribution in [0.15, 0.2) is 24.3 Å². The van der Waals surface area contributed by atoms with E-state index in [4.69, 9.17) is 0 Å². The molecule has 4 fully saturated rings. The zero-order valence-electron chi connectivity index (χ0n) is 20.4. The molecule has 1 aromatic carbocycles. The van der Waals surface area contributed by atoms with Crippen LogP contribution in [0.3, 0.4) is 0 Å². The van der Waals surface area contributed by atoms with Crippen molar-refractivity contribution >= 4 is 0 Å². The van der Waals surface area contributed by atoms with Crippen LogP contribution in [-0.2, 0) is 6.42 Å². The summed E-state index contributed by atoms with van der Waals surface area (Å²) >= 11 is 0. The molecule has 5 rings (SSSR count). The number of hydrogen-bond donors (Lipinski definition) is 3. The molecular weight excluding hydrogens is 396 g/mol. The van der Waals surface area contributed by atoms with Gasteiger partial charge in [-0.15, -0.1) is 0 Å². The lowest BCUT2D eigenvalue weighted by Gasteiger charge is -2.61. The molecule has 0 radical (unpaired) electrons. The van der Waals surface area contributed by atoms with Crippen molar-refractivity contribution < 1.29 is 15.3 Å². The second kappa shape index (κ2) is 8.10. The molecule has 0 amide bonds. The largest absolute Gasteiger partial charge is 0.393 e. The third-order valence-electron chi connectivity index (χ3n) is 11.1. The summed E-state index contributed by atoms with van der Waals surface area (Å²) in [6.07, 6.45) is 11.2. The fraction of sp³-hybridized carbons (Fsp3) is 0.793. The normalized spacial score (nSPS) is 43.9. The monoisotopic (exact) mass is 440 g/mol. The molecular formula is C29H44O3. The zero-order chi connectivity index (χ0) is 22.7. The van der Waals surface area contributed by atoms with E-state index in [0.29, 0.717) is 23.7 Å². The van der Waals surface area contributed by atoms with E-state index in [0.717, 1.165) is 50.4 Å². The Morgan fingerprint density at radius 3 is 2.31 bits per heavy atom. The van der Waals surface area contributed by atoms with Crippen LogP contribution in [0.25, 0.3) is 0 Å². The van der Waals surface area contributed by atoms with Gasteiger partial charge in [-0.1, -0.05) is 43.7 Å². The number of hydrogen-bond acceptors (Lipinski definition) is 3. The SMILES string of the molecule is Cc1ccc(CCC(O)(O)[C@H]2CC[C@H]3[C@@H]4CC[C@H]5C[C@@H](O)CC[C@]5(C)[C@H]4CC[C@]23C)cc1. The van der Waals surface area contributed by atoms with Gasteiger partial charge in [0.05, 0.1) is 6.10 Å². The molecule has 8 atom stereocenters.